The minimum atomic E-state index is -1.48. The number of nitrogens with two attached hydrogens (primary N) is 1. The van der Waals surface area contributed by atoms with E-state index in [9.17, 15) is 28.8 Å². The lowest BCUT2D eigenvalue weighted by Crippen LogP contribution is -2.61. The number of nitrogens with zero attached hydrogens (tertiary/aromatic N) is 1. The molecule has 2 heterocycles. The molecule has 2 aliphatic heterocycles. The molecule has 11 heteroatoms. The van der Waals surface area contributed by atoms with Crippen molar-refractivity contribution < 1.29 is 38.3 Å². The number of amides is 2. The van der Waals surface area contributed by atoms with Gasteiger partial charge in [-0.25, -0.2) is 4.79 Å². The van der Waals surface area contributed by atoms with Crippen molar-refractivity contribution in [1.29, 1.82) is 0 Å². The lowest BCUT2D eigenvalue weighted by atomic mass is 9.83. The molecule has 0 spiro atoms. The highest BCUT2D eigenvalue weighted by molar-refractivity contribution is 7.91. The summed E-state index contributed by atoms with van der Waals surface area (Å²) in [7, 11) is 0. The van der Waals surface area contributed by atoms with Gasteiger partial charge >= 0.3 is 11.9 Å². The SMILES string of the molecule is CC(O)C1C(=O)N2C(C(=O)OCOC(=O)C(C)(C)C)=C(C[S+]([O-])CCC(N)=O)CC12. The Morgan fingerprint density at radius 1 is 1.33 bits per heavy atom. The Kier molecular flexibility index (Phi) is 7.54. The van der Waals surface area contributed by atoms with E-state index in [0.717, 1.165) is 0 Å². The van der Waals surface area contributed by atoms with Gasteiger partial charge in [0.25, 0.3) is 0 Å². The Labute approximate surface area is 177 Å². The number of carbonyl (C=O) groups excluding carboxylic acids is 4. The highest BCUT2D eigenvalue weighted by atomic mass is 32.2. The lowest BCUT2D eigenvalue weighted by Gasteiger charge is -2.44. The molecule has 3 N–H and O–H groups in total. The summed E-state index contributed by atoms with van der Waals surface area (Å²) in [4.78, 5) is 49.1. The summed E-state index contributed by atoms with van der Waals surface area (Å²) < 4.78 is 22.3. The van der Waals surface area contributed by atoms with Crippen LogP contribution in [-0.2, 0) is 39.8 Å². The van der Waals surface area contributed by atoms with Crippen molar-refractivity contribution in [2.75, 3.05) is 18.3 Å². The first-order valence-electron chi connectivity index (χ1n) is 9.55. The van der Waals surface area contributed by atoms with Crippen molar-refractivity contribution in [3.05, 3.63) is 11.3 Å². The molecule has 0 bridgehead atoms. The van der Waals surface area contributed by atoms with Gasteiger partial charge in [-0.1, -0.05) is 0 Å². The molecule has 0 aliphatic carbocycles. The van der Waals surface area contributed by atoms with Crippen LogP contribution in [0.1, 0.15) is 40.5 Å². The Morgan fingerprint density at radius 3 is 2.50 bits per heavy atom. The molecule has 168 valence electrons. The van der Waals surface area contributed by atoms with Gasteiger partial charge in [-0.15, -0.1) is 0 Å². The van der Waals surface area contributed by atoms with Crippen LogP contribution in [0.5, 0.6) is 0 Å². The molecule has 0 saturated carbocycles. The van der Waals surface area contributed by atoms with Crippen LogP contribution in [0.15, 0.2) is 11.3 Å². The number of primary amides is 1. The average Bonchev–Trinajstić information content (AvgIpc) is 2.92. The zero-order valence-electron chi connectivity index (χ0n) is 17.5. The van der Waals surface area contributed by atoms with E-state index in [1.165, 1.54) is 11.8 Å². The normalized spacial score (nSPS) is 22.9. The summed E-state index contributed by atoms with van der Waals surface area (Å²) in [6, 6.07) is -0.430. The number of rotatable bonds is 9. The third-order valence-corrected chi connectivity index (χ3v) is 6.25. The molecule has 2 aliphatic rings. The Morgan fingerprint density at radius 2 is 1.97 bits per heavy atom. The van der Waals surface area contributed by atoms with Crippen LogP contribution in [0.4, 0.5) is 0 Å². The summed E-state index contributed by atoms with van der Waals surface area (Å²) in [5.74, 6) is -3.12. The Bertz CT molecular complexity index is 758. The fourth-order valence-corrected chi connectivity index (χ4v) is 4.60. The van der Waals surface area contributed by atoms with E-state index in [2.05, 4.69) is 0 Å². The average molecular weight is 445 g/mol. The second kappa shape index (κ2) is 9.36. The maximum absolute atomic E-state index is 12.6. The van der Waals surface area contributed by atoms with Crippen molar-refractivity contribution in [3.8, 4) is 0 Å². The molecule has 2 amide bonds. The number of aliphatic hydroxyl groups excluding tert-OH is 1. The molecule has 4 unspecified atom stereocenters. The van der Waals surface area contributed by atoms with Crippen LogP contribution in [-0.4, -0.2) is 68.8 Å². The van der Waals surface area contributed by atoms with Crippen LogP contribution in [0.2, 0.25) is 0 Å². The Hall–Kier alpha value is -2.11. The fraction of sp³-hybridized carbons (Fsp3) is 0.684. The van der Waals surface area contributed by atoms with Crippen molar-refractivity contribution in [1.82, 2.24) is 4.90 Å². The van der Waals surface area contributed by atoms with Crippen LogP contribution in [0.25, 0.3) is 0 Å². The van der Waals surface area contributed by atoms with Gasteiger partial charge in [0.2, 0.25) is 18.6 Å². The molecule has 0 aromatic heterocycles. The second-order valence-corrected chi connectivity index (χ2v) is 10.0. The predicted molar refractivity (Wildman–Crippen MR) is 106 cm³/mol. The van der Waals surface area contributed by atoms with Crippen LogP contribution < -0.4 is 5.73 Å². The molecule has 0 radical (unpaired) electrons. The third-order valence-electron chi connectivity index (χ3n) is 4.92. The molecule has 10 nitrogen and oxygen atoms in total. The number of ether oxygens (including phenoxy) is 2. The number of carbonyl (C=O) groups is 4. The predicted octanol–water partition coefficient (Wildman–Crippen LogP) is -0.434. The molecule has 0 aromatic rings. The van der Waals surface area contributed by atoms with Gasteiger partial charge in [0.1, 0.15) is 17.2 Å². The summed E-state index contributed by atoms with van der Waals surface area (Å²) in [5, 5.41) is 9.86. The second-order valence-electron chi connectivity index (χ2n) is 8.43. The van der Waals surface area contributed by atoms with E-state index < -0.39 is 65.2 Å². The quantitative estimate of drug-likeness (QED) is 0.210. The largest absolute Gasteiger partial charge is 0.616 e. The summed E-state index contributed by atoms with van der Waals surface area (Å²) in [6.45, 7) is 5.82. The maximum Gasteiger partial charge on any atom is 0.358 e. The van der Waals surface area contributed by atoms with E-state index in [-0.39, 0.29) is 30.0 Å². The molecule has 0 aromatic carbocycles. The molecule has 1 saturated heterocycles. The molecular formula is C19H28N2O8S. The van der Waals surface area contributed by atoms with Crippen LogP contribution >= 0.6 is 0 Å². The number of aliphatic hydroxyl groups is 1. The monoisotopic (exact) mass is 444 g/mol. The van der Waals surface area contributed by atoms with Crippen molar-refractivity contribution in [2.24, 2.45) is 17.1 Å². The van der Waals surface area contributed by atoms with Crippen LogP contribution in [0.3, 0.4) is 0 Å². The zero-order chi connectivity index (χ0) is 22.8. The fourth-order valence-electron chi connectivity index (χ4n) is 3.38. The summed E-state index contributed by atoms with van der Waals surface area (Å²) in [6.07, 6.45) is -0.704. The van der Waals surface area contributed by atoms with Crippen molar-refractivity contribution in [3.63, 3.8) is 0 Å². The highest BCUT2D eigenvalue weighted by Gasteiger charge is 2.57. The van der Waals surface area contributed by atoms with Gasteiger partial charge in [0.05, 0.1) is 29.9 Å². The number of fused-ring (bicyclic) bond motifs is 1. The number of hydrogen-bond acceptors (Lipinski definition) is 8. The van der Waals surface area contributed by atoms with Gasteiger partial charge in [0.15, 0.2) is 0 Å². The highest BCUT2D eigenvalue weighted by Crippen LogP contribution is 2.44. The molecule has 2 rings (SSSR count). The lowest BCUT2D eigenvalue weighted by molar-refractivity contribution is -0.175. The third kappa shape index (κ3) is 5.32. The smallest absolute Gasteiger partial charge is 0.358 e. The molecule has 1 fully saturated rings. The minimum absolute atomic E-state index is 0.0306. The van der Waals surface area contributed by atoms with Gasteiger partial charge in [-0.3, -0.25) is 14.4 Å². The van der Waals surface area contributed by atoms with Crippen molar-refractivity contribution >= 4 is 34.9 Å². The van der Waals surface area contributed by atoms with Gasteiger partial charge in [0, 0.05) is 5.57 Å². The first-order chi connectivity index (χ1) is 13.8. The van der Waals surface area contributed by atoms with Gasteiger partial charge < -0.3 is 29.8 Å². The van der Waals surface area contributed by atoms with E-state index >= 15 is 0 Å². The number of hydrogen-bond donors (Lipinski definition) is 2. The molecular weight excluding hydrogens is 416 g/mol. The first-order valence-corrected chi connectivity index (χ1v) is 11.0. The van der Waals surface area contributed by atoms with Gasteiger partial charge in [-0.05, 0) is 45.3 Å². The van der Waals surface area contributed by atoms with E-state index in [4.69, 9.17) is 15.2 Å². The first kappa shape index (κ1) is 24.2. The molecule has 4 atom stereocenters. The molecule has 30 heavy (non-hydrogen) atoms. The number of esters is 2. The minimum Gasteiger partial charge on any atom is -0.616 e. The van der Waals surface area contributed by atoms with Crippen LogP contribution in [0, 0.1) is 11.3 Å². The van der Waals surface area contributed by atoms with E-state index in [1.807, 2.05) is 0 Å². The Balaban J connectivity index is 2.12. The number of β-lactam (4-membered cyclic amide) rings is 1. The van der Waals surface area contributed by atoms with E-state index in [1.54, 1.807) is 20.8 Å². The van der Waals surface area contributed by atoms with E-state index in [0.29, 0.717) is 5.57 Å². The summed E-state index contributed by atoms with van der Waals surface area (Å²) >= 11 is -1.48. The standard InChI is InChI=1S/C19H28N2O8S/c1-10(22)14-12-7-11(8-30(27)6-5-13(20)23)15(21(12)16(14)24)17(25)28-9-29-18(26)19(2,3)4/h10,12,14,22H,5-9H2,1-4H3,(H2,20,23). The topological polar surface area (TPSA) is 159 Å². The van der Waals surface area contributed by atoms with Gasteiger partial charge in [-0.2, -0.15) is 0 Å². The zero-order valence-corrected chi connectivity index (χ0v) is 18.3. The van der Waals surface area contributed by atoms with Crippen molar-refractivity contribution in [2.45, 2.75) is 52.7 Å². The summed E-state index contributed by atoms with van der Waals surface area (Å²) in [5.41, 5.74) is 4.70. The maximum atomic E-state index is 12.6.